The lowest BCUT2D eigenvalue weighted by Gasteiger charge is -2.29. The summed E-state index contributed by atoms with van der Waals surface area (Å²) in [5.74, 6) is -0.290. The number of hydrogen-bond donors (Lipinski definition) is 2. The summed E-state index contributed by atoms with van der Waals surface area (Å²) in [5, 5.41) is 5.96. The Hall–Kier alpha value is -3.42. The number of benzene rings is 1. The van der Waals surface area contributed by atoms with E-state index in [0.717, 1.165) is 30.5 Å². The first-order chi connectivity index (χ1) is 18.1. The molecule has 38 heavy (non-hydrogen) atoms. The van der Waals surface area contributed by atoms with Crippen LogP contribution in [0.2, 0.25) is 0 Å². The molecule has 0 unspecified atom stereocenters. The van der Waals surface area contributed by atoms with Crippen molar-refractivity contribution in [3.05, 3.63) is 66.0 Å². The van der Waals surface area contributed by atoms with Crippen molar-refractivity contribution in [2.24, 2.45) is 5.92 Å². The van der Waals surface area contributed by atoms with Crippen LogP contribution in [0.4, 0.5) is 4.79 Å². The first-order valence-corrected chi connectivity index (χ1v) is 13.7. The minimum Gasteiger partial charge on any atom is -0.444 e. The SMILES string of the molecule is C[C@@H](CCCCNC(=O)OC(C)(C)C)C(=O)N1CCC[C@H]1C(=O)N[C@@H](Cc1ccccn1)c1ccccc1. The van der Waals surface area contributed by atoms with Gasteiger partial charge in [0, 0.05) is 37.3 Å². The number of carbonyl (C=O) groups is 3. The number of likely N-dealkylation sites (tertiary alicyclic amines) is 1. The van der Waals surface area contributed by atoms with E-state index in [-0.39, 0.29) is 23.8 Å². The van der Waals surface area contributed by atoms with Gasteiger partial charge in [-0.15, -0.1) is 0 Å². The summed E-state index contributed by atoms with van der Waals surface area (Å²) in [4.78, 5) is 44.7. The van der Waals surface area contributed by atoms with Crippen LogP contribution in [-0.4, -0.2) is 52.5 Å². The molecular weight excluding hydrogens is 480 g/mol. The topological polar surface area (TPSA) is 101 Å². The molecule has 0 saturated carbocycles. The fourth-order valence-electron chi connectivity index (χ4n) is 4.72. The van der Waals surface area contributed by atoms with Gasteiger partial charge in [0.25, 0.3) is 0 Å². The molecule has 1 aromatic carbocycles. The average molecular weight is 523 g/mol. The number of hydrogen-bond acceptors (Lipinski definition) is 5. The van der Waals surface area contributed by atoms with Gasteiger partial charge in [0.2, 0.25) is 11.8 Å². The van der Waals surface area contributed by atoms with Gasteiger partial charge in [-0.1, -0.05) is 49.7 Å². The van der Waals surface area contributed by atoms with Gasteiger partial charge in [-0.3, -0.25) is 14.6 Å². The van der Waals surface area contributed by atoms with Crippen molar-refractivity contribution in [2.45, 2.75) is 83.9 Å². The Kier molecular flexibility index (Phi) is 10.7. The molecule has 2 heterocycles. The van der Waals surface area contributed by atoms with Gasteiger partial charge in [0.05, 0.1) is 6.04 Å². The Bertz CT molecular complexity index is 1040. The number of aromatic nitrogens is 1. The molecule has 0 bridgehead atoms. The van der Waals surface area contributed by atoms with Gasteiger partial charge in [0.1, 0.15) is 11.6 Å². The minimum absolute atomic E-state index is 0.0174. The quantitative estimate of drug-likeness (QED) is 0.413. The maximum Gasteiger partial charge on any atom is 0.407 e. The molecule has 8 heteroatoms. The van der Waals surface area contributed by atoms with Gasteiger partial charge < -0.3 is 20.3 Å². The predicted octanol–water partition coefficient (Wildman–Crippen LogP) is 4.80. The van der Waals surface area contributed by atoms with Gasteiger partial charge in [-0.05, 0) is 64.2 Å². The summed E-state index contributed by atoms with van der Waals surface area (Å²) in [5.41, 5.74) is 1.38. The summed E-state index contributed by atoms with van der Waals surface area (Å²) in [6, 6.07) is 15.0. The van der Waals surface area contributed by atoms with Crippen LogP contribution < -0.4 is 10.6 Å². The molecule has 1 aliphatic rings. The number of amides is 3. The normalized spacial score (nSPS) is 16.9. The van der Waals surface area contributed by atoms with Crippen molar-refractivity contribution >= 4 is 17.9 Å². The molecule has 3 rings (SSSR count). The van der Waals surface area contributed by atoms with Gasteiger partial charge >= 0.3 is 6.09 Å². The van der Waals surface area contributed by atoms with Crippen LogP contribution in [-0.2, 0) is 20.7 Å². The van der Waals surface area contributed by atoms with Crippen molar-refractivity contribution < 1.29 is 19.1 Å². The number of nitrogens with zero attached hydrogens (tertiary/aromatic N) is 2. The van der Waals surface area contributed by atoms with E-state index in [4.69, 9.17) is 4.74 Å². The molecule has 0 radical (unpaired) electrons. The van der Waals surface area contributed by atoms with Crippen LogP contribution in [0.25, 0.3) is 0 Å². The summed E-state index contributed by atoms with van der Waals surface area (Å²) in [7, 11) is 0. The van der Waals surface area contributed by atoms with E-state index in [1.807, 2.05) is 76.2 Å². The van der Waals surface area contributed by atoms with Crippen molar-refractivity contribution in [1.29, 1.82) is 0 Å². The first-order valence-electron chi connectivity index (χ1n) is 13.7. The molecule has 1 saturated heterocycles. The molecule has 0 spiro atoms. The van der Waals surface area contributed by atoms with Crippen LogP contribution in [0.3, 0.4) is 0 Å². The second-order valence-electron chi connectivity index (χ2n) is 11.0. The Morgan fingerprint density at radius 2 is 1.82 bits per heavy atom. The lowest BCUT2D eigenvalue weighted by molar-refractivity contribution is -0.141. The van der Waals surface area contributed by atoms with Crippen LogP contribution in [0.1, 0.15) is 77.1 Å². The zero-order chi connectivity index (χ0) is 27.5. The molecule has 2 N–H and O–H groups in total. The largest absolute Gasteiger partial charge is 0.444 e. The van der Waals surface area contributed by atoms with Crippen LogP contribution in [0.15, 0.2) is 54.7 Å². The molecule has 2 aromatic rings. The first kappa shape index (κ1) is 29.1. The van der Waals surface area contributed by atoms with E-state index >= 15 is 0 Å². The number of alkyl carbamates (subject to hydrolysis) is 1. The lowest BCUT2D eigenvalue weighted by atomic mass is 10.00. The lowest BCUT2D eigenvalue weighted by Crippen LogP contribution is -2.48. The Labute approximate surface area is 226 Å². The molecule has 1 fully saturated rings. The monoisotopic (exact) mass is 522 g/mol. The summed E-state index contributed by atoms with van der Waals surface area (Å²) < 4.78 is 5.24. The van der Waals surface area contributed by atoms with Crippen molar-refractivity contribution in [3.63, 3.8) is 0 Å². The Balaban J connectivity index is 1.52. The van der Waals surface area contributed by atoms with Crippen LogP contribution in [0.5, 0.6) is 0 Å². The number of carbonyl (C=O) groups excluding carboxylic acids is 3. The summed E-state index contributed by atoms with van der Waals surface area (Å²) in [6.45, 7) is 8.50. The molecule has 206 valence electrons. The van der Waals surface area contributed by atoms with Crippen molar-refractivity contribution in [1.82, 2.24) is 20.5 Å². The maximum absolute atomic E-state index is 13.4. The fraction of sp³-hybridized carbons (Fsp3) is 0.533. The van der Waals surface area contributed by atoms with Crippen molar-refractivity contribution in [3.8, 4) is 0 Å². The maximum atomic E-state index is 13.4. The van der Waals surface area contributed by atoms with Gasteiger partial charge in [-0.2, -0.15) is 0 Å². The molecule has 0 aliphatic carbocycles. The zero-order valence-electron chi connectivity index (χ0n) is 23.1. The number of pyridine rings is 1. The number of nitrogens with one attached hydrogen (secondary N) is 2. The highest BCUT2D eigenvalue weighted by molar-refractivity contribution is 5.89. The highest BCUT2D eigenvalue weighted by atomic mass is 16.6. The van der Waals surface area contributed by atoms with E-state index < -0.39 is 17.7 Å². The summed E-state index contributed by atoms with van der Waals surface area (Å²) >= 11 is 0. The minimum atomic E-state index is -0.525. The van der Waals surface area contributed by atoms with Crippen LogP contribution >= 0.6 is 0 Å². The van der Waals surface area contributed by atoms with Crippen LogP contribution in [0, 0.1) is 5.92 Å². The number of unbranched alkanes of at least 4 members (excludes halogenated alkanes) is 1. The van der Waals surface area contributed by atoms with E-state index in [1.54, 1.807) is 11.1 Å². The smallest absolute Gasteiger partial charge is 0.407 e. The molecule has 1 aromatic heterocycles. The number of rotatable bonds is 11. The third-order valence-corrected chi connectivity index (χ3v) is 6.65. The molecule has 8 nitrogen and oxygen atoms in total. The van der Waals surface area contributed by atoms with E-state index in [0.29, 0.717) is 32.4 Å². The van der Waals surface area contributed by atoms with E-state index in [2.05, 4.69) is 15.6 Å². The van der Waals surface area contributed by atoms with E-state index in [1.165, 1.54) is 0 Å². The van der Waals surface area contributed by atoms with Crippen molar-refractivity contribution in [2.75, 3.05) is 13.1 Å². The molecular formula is C30H42N4O4. The Morgan fingerprint density at radius 1 is 1.08 bits per heavy atom. The second kappa shape index (κ2) is 13.9. The molecule has 3 amide bonds. The summed E-state index contributed by atoms with van der Waals surface area (Å²) in [6.07, 6.45) is 5.63. The zero-order valence-corrected chi connectivity index (χ0v) is 23.1. The highest BCUT2D eigenvalue weighted by Crippen LogP contribution is 2.24. The molecule has 1 aliphatic heterocycles. The predicted molar refractivity (Wildman–Crippen MR) is 147 cm³/mol. The second-order valence-corrected chi connectivity index (χ2v) is 11.0. The number of ether oxygens (including phenoxy) is 1. The Morgan fingerprint density at radius 3 is 2.50 bits per heavy atom. The van der Waals surface area contributed by atoms with Gasteiger partial charge in [0.15, 0.2) is 0 Å². The highest BCUT2D eigenvalue weighted by Gasteiger charge is 2.36. The molecule has 3 atom stereocenters. The van der Waals surface area contributed by atoms with Gasteiger partial charge in [-0.25, -0.2) is 4.79 Å². The van der Waals surface area contributed by atoms with E-state index in [9.17, 15) is 14.4 Å². The third-order valence-electron chi connectivity index (χ3n) is 6.65. The average Bonchev–Trinajstić information content (AvgIpc) is 3.38. The third kappa shape index (κ3) is 9.15. The standard InChI is InChI=1S/C30H42N4O4/c1-22(13-8-10-19-32-29(37)38-30(2,3)4)28(36)34-20-12-17-26(34)27(35)33-25(23-14-6-5-7-15-23)21-24-16-9-11-18-31-24/h5-7,9,11,14-16,18,22,25-26H,8,10,12-13,17,19-21H2,1-4H3,(H,32,37)(H,33,35)/t22-,25-,26-/m0/s1. The fourth-order valence-corrected chi connectivity index (χ4v) is 4.72.